The predicted octanol–water partition coefficient (Wildman–Crippen LogP) is 3.49. The quantitative estimate of drug-likeness (QED) is 0.652. The van der Waals surface area contributed by atoms with Crippen LogP contribution in [0.3, 0.4) is 0 Å². The molecule has 1 amide bonds. The maximum absolute atomic E-state index is 12.6. The van der Waals surface area contributed by atoms with Crippen molar-refractivity contribution in [3.05, 3.63) is 24.3 Å². The number of carbonyl (C=O) groups is 2. The summed E-state index contributed by atoms with van der Waals surface area (Å²) in [5.41, 5.74) is 1.30. The summed E-state index contributed by atoms with van der Waals surface area (Å²) in [6.07, 6.45) is 8.19. The summed E-state index contributed by atoms with van der Waals surface area (Å²) in [6.45, 7) is 2.74. The molecule has 1 saturated heterocycles. The lowest BCUT2D eigenvalue weighted by Crippen LogP contribution is -2.50. The number of anilines is 1. The molecule has 5 aliphatic rings. The van der Waals surface area contributed by atoms with Gasteiger partial charge in [-0.05, 0) is 86.0 Å². The van der Waals surface area contributed by atoms with Crippen molar-refractivity contribution in [2.45, 2.75) is 44.9 Å². The van der Waals surface area contributed by atoms with Crippen LogP contribution in [-0.2, 0) is 14.3 Å². The second-order valence-electron chi connectivity index (χ2n) is 10.3. The topological polar surface area (TPSA) is 59.1 Å². The number of methoxy groups -OCH3 is 1. The second kappa shape index (κ2) is 8.36. The lowest BCUT2D eigenvalue weighted by Gasteiger charge is -2.56. The van der Waals surface area contributed by atoms with Gasteiger partial charge in [-0.25, -0.2) is 0 Å². The summed E-state index contributed by atoms with van der Waals surface area (Å²) < 4.78 is 10.7. The summed E-state index contributed by atoms with van der Waals surface area (Å²) in [6, 6.07) is 8.00. The highest BCUT2D eigenvalue weighted by Gasteiger charge is 2.51. The maximum atomic E-state index is 12.6. The number of rotatable bonds is 6. The van der Waals surface area contributed by atoms with Crippen LogP contribution in [0, 0.1) is 23.2 Å². The summed E-state index contributed by atoms with van der Waals surface area (Å²) in [7, 11) is 1.66. The van der Waals surface area contributed by atoms with Gasteiger partial charge in [0.2, 0.25) is 0 Å². The molecule has 0 aromatic heterocycles. The first-order valence-corrected chi connectivity index (χ1v) is 11.8. The van der Waals surface area contributed by atoms with Crippen molar-refractivity contribution in [2.24, 2.45) is 23.2 Å². The van der Waals surface area contributed by atoms with Crippen molar-refractivity contribution in [3.8, 4) is 5.75 Å². The van der Waals surface area contributed by atoms with Crippen LogP contribution in [0.1, 0.15) is 44.9 Å². The summed E-state index contributed by atoms with van der Waals surface area (Å²) >= 11 is 0. The monoisotopic (exact) mass is 426 g/mol. The summed E-state index contributed by atoms with van der Waals surface area (Å²) in [4.78, 5) is 29.3. The smallest absolute Gasteiger partial charge is 0.306 e. The van der Waals surface area contributed by atoms with Crippen molar-refractivity contribution in [3.63, 3.8) is 0 Å². The Balaban J connectivity index is 1.07. The highest BCUT2D eigenvalue weighted by atomic mass is 16.5. The Bertz CT molecular complexity index is 778. The van der Waals surface area contributed by atoms with Crippen LogP contribution in [0.2, 0.25) is 0 Å². The average molecular weight is 427 g/mol. The first kappa shape index (κ1) is 20.7. The number of esters is 1. The molecule has 4 saturated carbocycles. The van der Waals surface area contributed by atoms with Gasteiger partial charge in [0.1, 0.15) is 5.75 Å². The number of amides is 1. The number of hydrogen-bond donors (Lipinski definition) is 0. The summed E-state index contributed by atoms with van der Waals surface area (Å²) in [5, 5.41) is 0. The van der Waals surface area contributed by atoms with Gasteiger partial charge in [0, 0.05) is 31.9 Å². The minimum atomic E-state index is -0.174. The van der Waals surface area contributed by atoms with E-state index in [1.807, 2.05) is 29.2 Å². The van der Waals surface area contributed by atoms with Gasteiger partial charge in [-0.15, -0.1) is 0 Å². The van der Waals surface area contributed by atoms with Crippen molar-refractivity contribution >= 4 is 17.6 Å². The molecule has 168 valence electrons. The molecule has 6 heteroatoms. The van der Waals surface area contributed by atoms with E-state index >= 15 is 0 Å². The molecule has 1 aromatic rings. The Morgan fingerprint density at radius 1 is 0.935 bits per heavy atom. The number of benzene rings is 1. The van der Waals surface area contributed by atoms with E-state index in [0.29, 0.717) is 19.5 Å². The van der Waals surface area contributed by atoms with Gasteiger partial charge in [-0.3, -0.25) is 9.59 Å². The summed E-state index contributed by atoms with van der Waals surface area (Å²) in [5.74, 6) is 3.06. The molecule has 31 heavy (non-hydrogen) atoms. The van der Waals surface area contributed by atoms with Crippen LogP contribution >= 0.6 is 0 Å². The lowest BCUT2D eigenvalue weighted by molar-refractivity contribution is -0.158. The third-order valence-corrected chi connectivity index (χ3v) is 8.11. The minimum absolute atomic E-state index is 0.0757. The zero-order valence-corrected chi connectivity index (χ0v) is 18.6. The second-order valence-corrected chi connectivity index (χ2v) is 10.3. The largest absolute Gasteiger partial charge is 0.497 e. The van der Waals surface area contributed by atoms with E-state index in [1.165, 1.54) is 38.5 Å². The zero-order valence-electron chi connectivity index (χ0n) is 18.6. The van der Waals surface area contributed by atoms with Crippen LogP contribution in [0.5, 0.6) is 5.75 Å². The van der Waals surface area contributed by atoms with Crippen LogP contribution in [0.15, 0.2) is 24.3 Å². The van der Waals surface area contributed by atoms with E-state index in [9.17, 15) is 9.59 Å². The Kier molecular flexibility index (Phi) is 5.57. The fraction of sp³-hybridized carbons (Fsp3) is 0.680. The molecule has 1 heterocycles. The number of carbonyl (C=O) groups excluding carboxylic acids is 2. The average Bonchev–Trinajstić information content (AvgIpc) is 2.76. The molecule has 6 rings (SSSR count). The lowest BCUT2D eigenvalue weighted by atomic mass is 9.49. The van der Waals surface area contributed by atoms with E-state index in [0.717, 1.165) is 42.3 Å². The molecule has 1 aromatic carbocycles. The Hall–Kier alpha value is -2.24. The van der Waals surface area contributed by atoms with Crippen LogP contribution in [0.4, 0.5) is 5.69 Å². The normalized spacial score (nSPS) is 31.6. The van der Waals surface area contributed by atoms with Crippen molar-refractivity contribution in [1.82, 2.24) is 4.90 Å². The number of piperazine rings is 1. The van der Waals surface area contributed by atoms with Crippen LogP contribution in [0.25, 0.3) is 0 Å². The Morgan fingerprint density at radius 2 is 1.52 bits per heavy atom. The van der Waals surface area contributed by atoms with Gasteiger partial charge < -0.3 is 19.3 Å². The number of ether oxygens (including phenoxy) is 2. The third-order valence-electron chi connectivity index (χ3n) is 8.11. The standard InChI is InChI=1S/C25H34N2O4/c1-30-22-4-2-21(3-5-22)26-6-8-27(9-7-26)23(28)17-31-24(29)16-25-13-18-10-19(14-25)12-20(11-18)15-25/h2-5,18-20H,6-17H2,1H3. The molecule has 5 fully saturated rings. The first-order chi connectivity index (χ1) is 15.0. The van der Waals surface area contributed by atoms with Gasteiger partial charge >= 0.3 is 5.97 Å². The molecule has 0 atom stereocenters. The molecule has 0 N–H and O–H groups in total. The van der Waals surface area contributed by atoms with Crippen LogP contribution in [-0.4, -0.2) is 56.7 Å². The van der Waals surface area contributed by atoms with Crippen molar-refractivity contribution < 1.29 is 19.1 Å². The molecule has 4 aliphatic carbocycles. The van der Waals surface area contributed by atoms with E-state index in [2.05, 4.69) is 4.90 Å². The van der Waals surface area contributed by atoms with Gasteiger partial charge in [-0.2, -0.15) is 0 Å². The molecular formula is C25H34N2O4. The highest BCUT2D eigenvalue weighted by molar-refractivity contribution is 5.81. The predicted molar refractivity (Wildman–Crippen MR) is 118 cm³/mol. The van der Waals surface area contributed by atoms with Gasteiger partial charge in [0.05, 0.1) is 13.5 Å². The fourth-order valence-corrected chi connectivity index (χ4v) is 7.10. The highest BCUT2D eigenvalue weighted by Crippen LogP contribution is 2.61. The first-order valence-electron chi connectivity index (χ1n) is 11.8. The van der Waals surface area contributed by atoms with Gasteiger partial charge in [-0.1, -0.05) is 0 Å². The molecule has 0 unspecified atom stereocenters. The molecule has 0 spiro atoms. The molecule has 0 radical (unpaired) electrons. The third kappa shape index (κ3) is 4.39. The van der Waals surface area contributed by atoms with E-state index in [-0.39, 0.29) is 23.9 Å². The molecule has 1 aliphatic heterocycles. The number of hydrogen-bond acceptors (Lipinski definition) is 5. The Labute approximate surface area is 184 Å². The van der Waals surface area contributed by atoms with Crippen LogP contribution < -0.4 is 9.64 Å². The SMILES string of the molecule is COc1ccc(N2CCN(C(=O)COC(=O)CC34CC5CC(CC(C5)C3)C4)CC2)cc1. The maximum Gasteiger partial charge on any atom is 0.306 e. The molecular weight excluding hydrogens is 392 g/mol. The van der Waals surface area contributed by atoms with E-state index < -0.39 is 0 Å². The molecule has 6 nitrogen and oxygen atoms in total. The number of nitrogens with zero attached hydrogens (tertiary/aromatic N) is 2. The minimum Gasteiger partial charge on any atom is -0.497 e. The van der Waals surface area contributed by atoms with E-state index in [1.54, 1.807) is 7.11 Å². The zero-order chi connectivity index (χ0) is 21.4. The fourth-order valence-electron chi connectivity index (χ4n) is 7.10. The van der Waals surface area contributed by atoms with E-state index in [4.69, 9.17) is 9.47 Å². The van der Waals surface area contributed by atoms with Gasteiger partial charge in [0.15, 0.2) is 6.61 Å². The van der Waals surface area contributed by atoms with Crippen molar-refractivity contribution in [1.29, 1.82) is 0 Å². The Morgan fingerprint density at radius 3 is 2.06 bits per heavy atom. The molecule has 4 bridgehead atoms. The van der Waals surface area contributed by atoms with Gasteiger partial charge in [0.25, 0.3) is 5.91 Å². The van der Waals surface area contributed by atoms with Crippen molar-refractivity contribution in [2.75, 3.05) is 44.8 Å².